The fraction of sp³-hybridized carbons (Fsp3) is 0.300. The van der Waals surface area contributed by atoms with Gasteiger partial charge < -0.3 is 9.30 Å². The van der Waals surface area contributed by atoms with Crippen LogP contribution in [0.1, 0.15) is 40.9 Å². The summed E-state index contributed by atoms with van der Waals surface area (Å²) in [6, 6.07) is 9.55. The molecule has 0 saturated heterocycles. The molecule has 3 heterocycles. The molecular weight excluding hydrogens is 342 g/mol. The lowest BCUT2D eigenvalue weighted by molar-refractivity contribution is -0.141. The van der Waals surface area contributed by atoms with E-state index in [0.717, 1.165) is 34.0 Å². The Bertz CT molecular complexity index is 1050. The van der Waals surface area contributed by atoms with Crippen molar-refractivity contribution < 1.29 is 9.53 Å². The molecule has 0 spiro atoms. The SMILES string of the molecule is COC(=O)CC1N=C(c2ccccc2)c2c(cn(C)c2C)-n2c(C)nnc21. The van der Waals surface area contributed by atoms with Crippen LogP contribution < -0.4 is 0 Å². The highest BCUT2D eigenvalue weighted by atomic mass is 16.5. The molecular formula is C20H21N5O2. The van der Waals surface area contributed by atoms with E-state index in [9.17, 15) is 4.79 Å². The number of carbonyl (C=O) groups is 1. The summed E-state index contributed by atoms with van der Waals surface area (Å²) in [5.41, 5.74) is 4.94. The van der Waals surface area contributed by atoms with Crippen LogP contribution in [-0.2, 0) is 16.6 Å². The summed E-state index contributed by atoms with van der Waals surface area (Å²) in [4.78, 5) is 17.0. The van der Waals surface area contributed by atoms with Gasteiger partial charge >= 0.3 is 5.97 Å². The zero-order valence-electron chi connectivity index (χ0n) is 15.8. The van der Waals surface area contributed by atoms with Crippen molar-refractivity contribution in [3.8, 4) is 5.69 Å². The highest BCUT2D eigenvalue weighted by Crippen LogP contribution is 2.34. The number of ether oxygens (including phenoxy) is 1. The highest BCUT2D eigenvalue weighted by molar-refractivity contribution is 6.16. The number of methoxy groups -OCH3 is 1. The molecule has 4 rings (SSSR count). The van der Waals surface area contributed by atoms with E-state index < -0.39 is 6.04 Å². The maximum Gasteiger partial charge on any atom is 0.308 e. The Balaban J connectivity index is 2.02. The zero-order chi connectivity index (χ0) is 19.1. The van der Waals surface area contributed by atoms with Crippen LogP contribution in [-0.4, -0.2) is 38.1 Å². The summed E-state index contributed by atoms with van der Waals surface area (Å²) in [5.74, 6) is 1.08. The first-order chi connectivity index (χ1) is 13.0. The summed E-state index contributed by atoms with van der Waals surface area (Å²) < 4.78 is 8.96. The monoisotopic (exact) mass is 363 g/mol. The Kier molecular flexibility index (Phi) is 4.14. The van der Waals surface area contributed by atoms with Crippen molar-refractivity contribution in [2.75, 3.05) is 7.11 Å². The second-order valence-electron chi connectivity index (χ2n) is 6.67. The van der Waals surface area contributed by atoms with E-state index in [4.69, 9.17) is 9.73 Å². The third-order valence-electron chi connectivity index (χ3n) is 5.01. The van der Waals surface area contributed by atoms with Gasteiger partial charge in [-0.05, 0) is 13.8 Å². The van der Waals surface area contributed by atoms with Gasteiger partial charge in [0.25, 0.3) is 0 Å². The lowest BCUT2D eigenvalue weighted by atomic mass is 10.0. The molecule has 7 nitrogen and oxygen atoms in total. The number of nitrogens with zero attached hydrogens (tertiary/aromatic N) is 5. The van der Waals surface area contributed by atoms with Crippen LogP contribution in [0.2, 0.25) is 0 Å². The number of hydrogen-bond donors (Lipinski definition) is 0. The number of carbonyl (C=O) groups excluding carboxylic acids is 1. The molecule has 2 aromatic heterocycles. The van der Waals surface area contributed by atoms with Crippen molar-refractivity contribution >= 4 is 11.7 Å². The van der Waals surface area contributed by atoms with E-state index in [1.807, 2.05) is 48.9 Å². The normalized spacial score (nSPS) is 15.6. The Labute approximate surface area is 157 Å². The second-order valence-corrected chi connectivity index (χ2v) is 6.67. The maximum atomic E-state index is 12.0. The molecule has 0 fully saturated rings. The number of rotatable bonds is 3. The third kappa shape index (κ3) is 2.75. The van der Waals surface area contributed by atoms with Gasteiger partial charge in [0.1, 0.15) is 11.9 Å². The summed E-state index contributed by atoms with van der Waals surface area (Å²) in [7, 11) is 3.40. The lowest BCUT2D eigenvalue weighted by Crippen LogP contribution is -2.12. The van der Waals surface area contributed by atoms with Crippen LogP contribution in [0.25, 0.3) is 5.69 Å². The molecule has 1 atom stereocenters. The molecule has 0 bridgehead atoms. The average molecular weight is 363 g/mol. The van der Waals surface area contributed by atoms with Gasteiger partial charge in [-0.2, -0.15) is 0 Å². The van der Waals surface area contributed by atoms with Gasteiger partial charge in [0.2, 0.25) is 0 Å². The summed E-state index contributed by atoms with van der Waals surface area (Å²) in [6.45, 7) is 3.97. The predicted molar refractivity (Wildman–Crippen MR) is 101 cm³/mol. The third-order valence-corrected chi connectivity index (χ3v) is 5.01. The van der Waals surface area contributed by atoms with E-state index in [1.54, 1.807) is 0 Å². The number of hydrogen-bond acceptors (Lipinski definition) is 5. The van der Waals surface area contributed by atoms with Gasteiger partial charge in [0.05, 0.1) is 24.9 Å². The van der Waals surface area contributed by atoms with Gasteiger partial charge in [0.15, 0.2) is 5.82 Å². The first-order valence-electron chi connectivity index (χ1n) is 8.80. The number of aromatic nitrogens is 4. The molecule has 0 radical (unpaired) electrons. The molecule has 0 N–H and O–H groups in total. The summed E-state index contributed by atoms with van der Waals surface area (Å²) in [6.07, 6.45) is 2.17. The van der Waals surface area contributed by atoms with E-state index in [1.165, 1.54) is 7.11 Å². The van der Waals surface area contributed by atoms with Gasteiger partial charge in [-0.3, -0.25) is 14.4 Å². The van der Waals surface area contributed by atoms with Crippen molar-refractivity contribution in [1.29, 1.82) is 0 Å². The van der Waals surface area contributed by atoms with Crippen LogP contribution >= 0.6 is 0 Å². The number of benzene rings is 1. The van der Waals surface area contributed by atoms with Crippen molar-refractivity contribution in [1.82, 2.24) is 19.3 Å². The van der Waals surface area contributed by atoms with Gasteiger partial charge in [-0.15, -0.1) is 10.2 Å². The molecule has 7 heteroatoms. The maximum absolute atomic E-state index is 12.0. The minimum Gasteiger partial charge on any atom is -0.469 e. The van der Waals surface area contributed by atoms with E-state index in [0.29, 0.717) is 5.82 Å². The summed E-state index contributed by atoms with van der Waals surface area (Å²) >= 11 is 0. The Morgan fingerprint density at radius 2 is 1.93 bits per heavy atom. The van der Waals surface area contributed by atoms with E-state index >= 15 is 0 Å². The molecule has 27 heavy (non-hydrogen) atoms. The molecule has 1 aliphatic heterocycles. The molecule has 138 valence electrons. The van der Waals surface area contributed by atoms with Crippen molar-refractivity contribution in [2.24, 2.45) is 12.0 Å². The number of aliphatic imine (C=N–C) groups is 1. The molecule has 0 amide bonds. The quantitative estimate of drug-likeness (QED) is 0.671. The van der Waals surface area contributed by atoms with Crippen LogP contribution in [0.3, 0.4) is 0 Å². The Morgan fingerprint density at radius 1 is 1.19 bits per heavy atom. The topological polar surface area (TPSA) is 74.3 Å². The fourth-order valence-electron chi connectivity index (χ4n) is 3.53. The minimum atomic E-state index is -0.467. The smallest absolute Gasteiger partial charge is 0.308 e. The van der Waals surface area contributed by atoms with Crippen LogP contribution in [0.15, 0.2) is 41.5 Å². The van der Waals surface area contributed by atoms with Crippen molar-refractivity contribution in [2.45, 2.75) is 26.3 Å². The second kappa shape index (κ2) is 6.50. The Hall–Kier alpha value is -3.22. The number of esters is 1. The first kappa shape index (κ1) is 17.2. The molecule has 0 saturated carbocycles. The standard InChI is InChI=1S/C20H21N5O2/c1-12-18-16(11-24(12)3)25-13(2)22-23-20(25)15(10-17(26)27-4)21-19(18)14-8-6-5-7-9-14/h5-9,11,15H,10H2,1-4H3. The van der Waals surface area contributed by atoms with Crippen LogP contribution in [0, 0.1) is 13.8 Å². The molecule has 1 unspecified atom stereocenters. The molecule has 0 aliphatic carbocycles. The van der Waals surface area contributed by atoms with Gasteiger partial charge in [0, 0.05) is 30.1 Å². The highest BCUT2D eigenvalue weighted by Gasteiger charge is 2.31. The fourth-order valence-corrected chi connectivity index (χ4v) is 3.53. The van der Waals surface area contributed by atoms with Crippen molar-refractivity contribution in [3.05, 3.63) is 65.0 Å². The summed E-state index contributed by atoms with van der Waals surface area (Å²) in [5, 5.41) is 8.58. The zero-order valence-corrected chi connectivity index (χ0v) is 15.8. The molecule has 1 aromatic carbocycles. The molecule has 1 aliphatic rings. The number of aryl methyl sites for hydroxylation is 2. The number of fused-ring (bicyclic) bond motifs is 3. The predicted octanol–water partition coefficient (Wildman–Crippen LogP) is 2.68. The average Bonchev–Trinajstić information content (AvgIpc) is 3.15. The molecule has 3 aromatic rings. The largest absolute Gasteiger partial charge is 0.469 e. The van der Waals surface area contributed by atoms with E-state index in [2.05, 4.69) is 27.9 Å². The first-order valence-corrected chi connectivity index (χ1v) is 8.80. The van der Waals surface area contributed by atoms with E-state index in [-0.39, 0.29) is 12.4 Å². The van der Waals surface area contributed by atoms with Crippen molar-refractivity contribution in [3.63, 3.8) is 0 Å². The Morgan fingerprint density at radius 3 is 2.63 bits per heavy atom. The van der Waals surface area contributed by atoms with Gasteiger partial charge in [-0.25, -0.2) is 0 Å². The van der Waals surface area contributed by atoms with Crippen LogP contribution in [0.4, 0.5) is 0 Å². The lowest BCUT2D eigenvalue weighted by Gasteiger charge is -2.12. The van der Waals surface area contributed by atoms with Crippen LogP contribution in [0.5, 0.6) is 0 Å². The van der Waals surface area contributed by atoms with Gasteiger partial charge in [-0.1, -0.05) is 30.3 Å². The minimum absolute atomic E-state index is 0.112.